The number of amides is 1. The maximum atomic E-state index is 10.7. The Morgan fingerprint density at radius 1 is 1.28 bits per heavy atom. The lowest BCUT2D eigenvalue weighted by molar-refractivity contribution is -0.140. The van der Waals surface area contributed by atoms with Crippen LogP contribution < -0.4 is 15.5 Å². The number of halogens is 1. The van der Waals surface area contributed by atoms with Gasteiger partial charge in [0.15, 0.2) is 0 Å². The highest BCUT2D eigenvalue weighted by molar-refractivity contribution is 6.31. The molecule has 1 unspecified atom stereocenters. The molecule has 9 heteroatoms. The molecule has 0 radical (unpaired) electrons. The van der Waals surface area contributed by atoms with Gasteiger partial charge in [-0.3, -0.25) is 9.59 Å². The van der Waals surface area contributed by atoms with Gasteiger partial charge in [0.05, 0.1) is 11.4 Å². The molecule has 1 aromatic carbocycles. The van der Waals surface area contributed by atoms with Crippen LogP contribution in [0, 0.1) is 0 Å². The number of benzene rings is 1. The molecule has 1 aromatic rings. The fraction of sp³-hybridized carbons (Fsp3) is 0.600. The van der Waals surface area contributed by atoms with Crippen LogP contribution in [0.2, 0.25) is 5.02 Å². The van der Waals surface area contributed by atoms with Crippen molar-refractivity contribution in [3.63, 3.8) is 0 Å². The summed E-state index contributed by atoms with van der Waals surface area (Å²) in [5.41, 5.74) is 1.79. The van der Waals surface area contributed by atoms with E-state index < -0.39 is 5.97 Å². The molecule has 2 saturated heterocycles. The van der Waals surface area contributed by atoms with Gasteiger partial charge in [-0.25, -0.2) is 0 Å². The summed E-state index contributed by atoms with van der Waals surface area (Å²) < 4.78 is 0. The average molecular weight is 426 g/mol. The Morgan fingerprint density at radius 3 is 2.52 bits per heavy atom. The lowest BCUT2D eigenvalue weighted by Crippen LogP contribution is -2.52. The molecule has 2 aliphatic rings. The van der Waals surface area contributed by atoms with Crippen LogP contribution in [0.25, 0.3) is 0 Å². The van der Waals surface area contributed by atoms with E-state index in [-0.39, 0.29) is 6.04 Å². The van der Waals surface area contributed by atoms with Crippen LogP contribution in [0.5, 0.6) is 0 Å². The predicted molar refractivity (Wildman–Crippen MR) is 117 cm³/mol. The number of carbonyl (C=O) groups is 2. The Hall–Kier alpha value is -1.87. The number of carboxylic acids is 1. The predicted octanol–water partition coefficient (Wildman–Crippen LogP) is 1.41. The van der Waals surface area contributed by atoms with E-state index in [1.807, 2.05) is 24.1 Å². The third-order valence-corrected chi connectivity index (χ3v) is 5.70. The summed E-state index contributed by atoms with van der Waals surface area (Å²) >= 11 is 5.98. The smallest absolute Gasteiger partial charge is 0.322 e. The molecule has 3 N–H and O–H groups in total. The minimum atomic E-state index is -0.758. The Labute approximate surface area is 177 Å². The topological polar surface area (TPSA) is 88.2 Å². The molecule has 3 rings (SSSR count). The Morgan fingerprint density at radius 2 is 1.97 bits per heavy atom. The van der Waals surface area contributed by atoms with Gasteiger partial charge in [-0.2, -0.15) is 0 Å². The van der Waals surface area contributed by atoms with Gasteiger partial charge in [0.1, 0.15) is 6.04 Å². The largest absolute Gasteiger partial charge is 0.480 e. The molecule has 29 heavy (non-hydrogen) atoms. The molecule has 0 aromatic heterocycles. The number of hydrogen-bond acceptors (Lipinski definition) is 6. The van der Waals surface area contributed by atoms with E-state index in [1.54, 1.807) is 6.07 Å². The quantitative estimate of drug-likeness (QED) is 0.615. The summed E-state index contributed by atoms with van der Waals surface area (Å²) in [6, 6.07) is 5.74. The molecule has 2 aliphatic heterocycles. The highest BCUT2D eigenvalue weighted by Crippen LogP contribution is 2.31. The number of likely N-dealkylation sites (tertiary alicyclic amines) is 1. The van der Waals surface area contributed by atoms with Gasteiger partial charge in [0.25, 0.3) is 0 Å². The van der Waals surface area contributed by atoms with E-state index in [0.29, 0.717) is 24.0 Å². The second-order valence-corrected chi connectivity index (χ2v) is 8.11. The number of likely N-dealkylation sites (N-methyl/N-ethyl adjacent to an activating group) is 1. The molecule has 8 nitrogen and oxygen atoms in total. The zero-order chi connectivity index (χ0) is 21.4. The fourth-order valence-electron chi connectivity index (χ4n) is 3.64. The molecular weight excluding hydrogens is 394 g/mol. The third-order valence-electron chi connectivity index (χ3n) is 5.47. The van der Waals surface area contributed by atoms with Crippen LogP contribution in [-0.2, 0) is 9.59 Å². The summed E-state index contributed by atoms with van der Waals surface area (Å²) in [6.45, 7) is 4.53. The van der Waals surface area contributed by atoms with Crippen molar-refractivity contribution < 1.29 is 14.7 Å². The van der Waals surface area contributed by atoms with Gasteiger partial charge in [-0.15, -0.1) is 0 Å². The monoisotopic (exact) mass is 425 g/mol. The summed E-state index contributed by atoms with van der Waals surface area (Å²) in [4.78, 5) is 27.7. The van der Waals surface area contributed by atoms with Gasteiger partial charge in [-0.1, -0.05) is 11.6 Å². The number of piperidine rings is 1. The first kappa shape index (κ1) is 23.4. The maximum absolute atomic E-state index is 10.7. The summed E-state index contributed by atoms with van der Waals surface area (Å²) in [5, 5.41) is 14.8. The van der Waals surface area contributed by atoms with Crippen molar-refractivity contribution in [2.75, 3.05) is 64.1 Å². The normalized spacial score (nSPS) is 21.0. The Kier molecular flexibility index (Phi) is 9.16. The van der Waals surface area contributed by atoms with Gasteiger partial charge in [-0.05, 0) is 58.2 Å². The maximum Gasteiger partial charge on any atom is 0.322 e. The number of piperazine rings is 1. The van der Waals surface area contributed by atoms with E-state index in [1.165, 1.54) is 0 Å². The van der Waals surface area contributed by atoms with Gasteiger partial charge in [0.2, 0.25) is 6.41 Å². The molecule has 0 bridgehead atoms. The van der Waals surface area contributed by atoms with Crippen molar-refractivity contribution in [1.29, 1.82) is 0 Å². The van der Waals surface area contributed by atoms with Crippen LogP contribution in [0.15, 0.2) is 18.2 Å². The molecule has 0 aliphatic carbocycles. The molecular formula is C20H32ClN5O3. The van der Waals surface area contributed by atoms with Gasteiger partial charge >= 0.3 is 5.97 Å². The number of nitrogens with zero attached hydrogens (tertiary/aromatic N) is 3. The zero-order valence-electron chi connectivity index (χ0n) is 17.4. The second-order valence-electron chi connectivity index (χ2n) is 7.68. The molecule has 0 saturated carbocycles. The van der Waals surface area contributed by atoms with Crippen LogP contribution in [0.4, 0.5) is 11.4 Å². The summed E-state index contributed by atoms with van der Waals surface area (Å²) in [7, 11) is 6.16. The van der Waals surface area contributed by atoms with E-state index in [4.69, 9.17) is 16.7 Å². The van der Waals surface area contributed by atoms with Crippen molar-refractivity contribution in [3.05, 3.63) is 23.2 Å². The number of aliphatic carboxylic acids is 1. The van der Waals surface area contributed by atoms with Crippen LogP contribution in [0.1, 0.15) is 12.8 Å². The first-order chi connectivity index (χ1) is 13.8. The summed E-state index contributed by atoms with van der Waals surface area (Å²) in [6.07, 6.45) is 2.96. The number of hydrogen-bond donors (Lipinski definition) is 3. The lowest BCUT2D eigenvalue weighted by atomic mass is 10.0. The molecule has 162 valence electrons. The van der Waals surface area contributed by atoms with E-state index in [0.717, 1.165) is 50.4 Å². The number of nitrogens with one attached hydrogen (secondary N) is 2. The van der Waals surface area contributed by atoms with Crippen molar-refractivity contribution in [2.45, 2.75) is 24.9 Å². The minimum Gasteiger partial charge on any atom is -0.480 e. The zero-order valence-corrected chi connectivity index (χ0v) is 18.2. The van der Waals surface area contributed by atoms with Crippen molar-refractivity contribution >= 4 is 35.4 Å². The third kappa shape index (κ3) is 7.15. The highest BCUT2D eigenvalue weighted by atomic mass is 35.5. The first-order valence-corrected chi connectivity index (χ1v) is 10.3. The average Bonchev–Trinajstić information content (AvgIpc) is 2.69. The van der Waals surface area contributed by atoms with Crippen molar-refractivity contribution in [3.8, 4) is 0 Å². The second kappa shape index (κ2) is 11.3. The number of carboxylic acid groups (broad SMARTS) is 1. The number of anilines is 2. The van der Waals surface area contributed by atoms with Crippen LogP contribution in [0.3, 0.4) is 0 Å². The van der Waals surface area contributed by atoms with E-state index in [9.17, 15) is 9.59 Å². The van der Waals surface area contributed by atoms with Crippen molar-refractivity contribution in [2.24, 2.45) is 0 Å². The number of rotatable bonds is 5. The lowest BCUT2D eigenvalue weighted by Gasteiger charge is -2.37. The summed E-state index contributed by atoms with van der Waals surface area (Å²) in [5.74, 6) is -0.758. The molecule has 1 amide bonds. The van der Waals surface area contributed by atoms with E-state index >= 15 is 0 Å². The number of carbonyl (C=O) groups excluding carboxylic acids is 1. The van der Waals surface area contributed by atoms with Crippen LogP contribution >= 0.6 is 11.6 Å². The Bertz CT molecular complexity index is 682. The molecule has 2 heterocycles. The standard InChI is InChI=1S/C14H20ClN3O.C6H12N2O2/c1-17-7-5-12(6-8-17)18(2)14-4-3-11(15)9-13(14)16-10-19;1-8-3-2-7-5(4-8)6(9)10/h3-4,9-10,12H,5-8H2,1-2H3,(H,16,19);5,7H,2-4H2,1H3,(H,9,10). The molecule has 2 fully saturated rings. The fourth-order valence-corrected chi connectivity index (χ4v) is 3.81. The SMILES string of the molecule is CN1CCC(N(C)c2ccc(Cl)cc2NC=O)CC1.CN1CCNC(C(=O)O)C1. The minimum absolute atomic E-state index is 0.376. The molecule has 0 spiro atoms. The Balaban J connectivity index is 0.000000253. The van der Waals surface area contributed by atoms with Gasteiger partial charge < -0.3 is 30.4 Å². The van der Waals surface area contributed by atoms with Crippen LogP contribution in [-0.4, -0.2) is 93.2 Å². The van der Waals surface area contributed by atoms with Gasteiger partial charge in [0, 0.05) is 37.7 Å². The van der Waals surface area contributed by atoms with Crippen molar-refractivity contribution in [1.82, 2.24) is 15.1 Å². The first-order valence-electron chi connectivity index (χ1n) is 9.87. The highest BCUT2D eigenvalue weighted by Gasteiger charge is 2.23. The van der Waals surface area contributed by atoms with E-state index in [2.05, 4.69) is 34.5 Å². The molecule has 1 atom stereocenters.